The molecule has 0 heterocycles. The van der Waals surface area contributed by atoms with Crippen LogP contribution in [0, 0.1) is 5.41 Å². The summed E-state index contributed by atoms with van der Waals surface area (Å²) in [5, 5.41) is 18.3. The van der Waals surface area contributed by atoms with E-state index in [1.54, 1.807) is 19.1 Å². The maximum atomic E-state index is 11.3. The van der Waals surface area contributed by atoms with Gasteiger partial charge in [0.2, 0.25) is 0 Å². The van der Waals surface area contributed by atoms with Crippen LogP contribution in [0.2, 0.25) is 0 Å². The standard InChI is InChI=1S/C13H19NO4/c1-13(12(17)18)7-9(4-5-14(2)3)6-10(8-13)11(15)16/h6-7H,4-5,8H2,1-3H3,(H,15,16)(H,17,18). The van der Waals surface area contributed by atoms with E-state index < -0.39 is 17.4 Å². The van der Waals surface area contributed by atoms with Crippen molar-refractivity contribution in [3.05, 3.63) is 23.3 Å². The van der Waals surface area contributed by atoms with Crippen LogP contribution in [0.4, 0.5) is 0 Å². The molecule has 1 aliphatic carbocycles. The highest BCUT2D eigenvalue weighted by atomic mass is 16.4. The van der Waals surface area contributed by atoms with Gasteiger partial charge < -0.3 is 15.1 Å². The van der Waals surface area contributed by atoms with Crippen LogP contribution in [0.3, 0.4) is 0 Å². The number of rotatable bonds is 5. The first-order valence-corrected chi connectivity index (χ1v) is 5.78. The molecule has 0 saturated carbocycles. The van der Waals surface area contributed by atoms with Crippen molar-refractivity contribution in [3.8, 4) is 0 Å². The summed E-state index contributed by atoms with van der Waals surface area (Å²) in [4.78, 5) is 24.3. The lowest BCUT2D eigenvalue weighted by molar-refractivity contribution is -0.145. The van der Waals surface area contributed by atoms with Gasteiger partial charge in [-0.3, -0.25) is 4.79 Å². The minimum atomic E-state index is -1.12. The fraction of sp³-hybridized carbons (Fsp3) is 0.538. The van der Waals surface area contributed by atoms with Gasteiger partial charge in [0.1, 0.15) is 0 Å². The van der Waals surface area contributed by atoms with E-state index >= 15 is 0 Å². The smallest absolute Gasteiger partial charge is 0.331 e. The molecular formula is C13H19NO4. The molecule has 18 heavy (non-hydrogen) atoms. The fourth-order valence-electron chi connectivity index (χ4n) is 1.94. The second kappa shape index (κ2) is 5.35. The summed E-state index contributed by atoms with van der Waals surface area (Å²) in [6, 6.07) is 0. The molecule has 0 aliphatic heterocycles. The van der Waals surface area contributed by atoms with Crippen LogP contribution < -0.4 is 0 Å². The zero-order valence-corrected chi connectivity index (χ0v) is 10.9. The zero-order valence-electron chi connectivity index (χ0n) is 10.9. The van der Waals surface area contributed by atoms with Crippen LogP contribution in [0.5, 0.6) is 0 Å². The first-order valence-electron chi connectivity index (χ1n) is 5.78. The quantitative estimate of drug-likeness (QED) is 0.773. The number of allylic oxidation sites excluding steroid dienone is 1. The third kappa shape index (κ3) is 3.43. The summed E-state index contributed by atoms with van der Waals surface area (Å²) in [5.41, 5.74) is -0.183. The van der Waals surface area contributed by atoms with Gasteiger partial charge in [0, 0.05) is 12.1 Å². The van der Waals surface area contributed by atoms with Crippen LogP contribution >= 0.6 is 0 Å². The lowest BCUT2D eigenvalue weighted by atomic mass is 9.77. The van der Waals surface area contributed by atoms with E-state index in [0.29, 0.717) is 6.42 Å². The van der Waals surface area contributed by atoms with Crippen LogP contribution in [0.15, 0.2) is 23.3 Å². The minimum absolute atomic E-state index is 0.0309. The minimum Gasteiger partial charge on any atom is -0.481 e. The number of carbonyl (C=O) groups is 2. The summed E-state index contributed by atoms with van der Waals surface area (Å²) >= 11 is 0. The molecule has 1 rings (SSSR count). The van der Waals surface area contributed by atoms with Crippen molar-refractivity contribution in [3.63, 3.8) is 0 Å². The summed E-state index contributed by atoms with van der Waals surface area (Å²) < 4.78 is 0. The summed E-state index contributed by atoms with van der Waals surface area (Å²) in [5.74, 6) is -2.03. The molecular weight excluding hydrogens is 234 g/mol. The molecule has 0 spiro atoms. The van der Waals surface area contributed by atoms with E-state index in [-0.39, 0.29) is 12.0 Å². The van der Waals surface area contributed by atoms with E-state index in [9.17, 15) is 14.7 Å². The van der Waals surface area contributed by atoms with Gasteiger partial charge in [-0.1, -0.05) is 6.08 Å². The Bertz CT molecular complexity index is 423. The van der Waals surface area contributed by atoms with E-state index in [4.69, 9.17) is 5.11 Å². The van der Waals surface area contributed by atoms with Crippen molar-refractivity contribution in [2.45, 2.75) is 19.8 Å². The van der Waals surface area contributed by atoms with Crippen molar-refractivity contribution >= 4 is 11.9 Å². The number of hydrogen-bond acceptors (Lipinski definition) is 3. The second-order valence-electron chi connectivity index (χ2n) is 5.15. The van der Waals surface area contributed by atoms with Crippen molar-refractivity contribution in [1.82, 2.24) is 4.90 Å². The van der Waals surface area contributed by atoms with Crippen LogP contribution in [-0.4, -0.2) is 47.7 Å². The second-order valence-corrected chi connectivity index (χ2v) is 5.15. The van der Waals surface area contributed by atoms with E-state index in [1.165, 1.54) is 0 Å². The van der Waals surface area contributed by atoms with Crippen LogP contribution in [-0.2, 0) is 9.59 Å². The summed E-state index contributed by atoms with van der Waals surface area (Å²) in [7, 11) is 3.84. The normalized spacial score (nSPS) is 23.6. The Morgan fingerprint density at radius 1 is 1.39 bits per heavy atom. The molecule has 2 N–H and O–H groups in total. The molecule has 100 valence electrons. The average molecular weight is 253 g/mol. The lowest BCUT2D eigenvalue weighted by Gasteiger charge is -2.26. The molecule has 0 amide bonds. The maximum absolute atomic E-state index is 11.3. The number of carboxylic acid groups (broad SMARTS) is 2. The third-order valence-electron chi connectivity index (χ3n) is 3.03. The molecule has 0 radical (unpaired) electrons. The maximum Gasteiger partial charge on any atom is 0.331 e. The Morgan fingerprint density at radius 2 is 2.00 bits per heavy atom. The molecule has 1 unspecified atom stereocenters. The highest BCUT2D eigenvalue weighted by molar-refractivity contribution is 5.90. The van der Waals surface area contributed by atoms with Crippen molar-refractivity contribution in [2.75, 3.05) is 20.6 Å². The molecule has 0 aromatic rings. The molecule has 0 saturated heterocycles. The first-order chi connectivity index (χ1) is 8.24. The van der Waals surface area contributed by atoms with Gasteiger partial charge in [0.15, 0.2) is 0 Å². The van der Waals surface area contributed by atoms with E-state index in [1.807, 2.05) is 19.0 Å². The van der Waals surface area contributed by atoms with Gasteiger partial charge in [-0.25, -0.2) is 4.79 Å². The van der Waals surface area contributed by atoms with Crippen molar-refractivity contribution in [1.29, 1.82) is 0 Å². The van der Waals surface area contributed by atoms with Crippen molar-refractivity contribution < 1.29 is 19.8 Å². The van der Waals surface area contributed by atoms with Crippen molar-refractivity contribution in [2.24, 2.45) is 5.41 Å². The van der Waals surface area contributed by atoms with Gasteiger partial charge in [-0.2, -0.15) is 0 Å². The monoisotopic (exact) mass is 253 g/mol. The Balaban J connectivity index is 2.99. The molecule has 0 fully saturated rings. The lowest BCUT2D eigenvalue weighted by Crippen LogP contribution is -2.30. The van der Waals surface area contributed by atoms with Crippen LogP contribution in [0.1, 0.15) is 19.8 Å². The molecule has 1 atom stereocenters. The van der Waals surface area contributed by atoms with Gasteiger partial charge in [0.05, 0.1) is 5.41 Å². The van der Waals surface area contributed by atoms with Gasteiger partial charge in [0.25, 0.3) is 0 Å². The van der Waals surface area contributed by atoms with E-state index in [0.717, 1.165) is 12.1 Å². The topological polar surface area (TPSA) is 77.8 Å². The Kier molecular flexibility index (Phi) is 4.29. The molecule has 0 bridgehead atoms. The third-order valence-corrected chi connectivity index (χ3v) is 3.03. The number of aliphatic carboxylic acids is 2. The summed E-state index contributed by atoms with van der Waals surface area (Å²) in [6.45, 7) is 2.31. The molecule has 0 aromatic carbocycles. The largest absolute Gasteiger partial charge is 0.481 e. The fourth-order valence-corrected chi connectivity index (χ4v) is 1.94. The molecule has 1 aliphatic rings. The average Bonchev–Trinajstić information content (AvgIpc) is 2.25. The predicted octanol–water partition coefficient (Wildman–Crippen LogP) is 1.37. The van der Waals surface area contributed by atoms with Crippen LogP contribution in [0.25, 0.3) is 0 Å². The Hall–Kier alpha value is -1.62. The highest BCUT2D eigenvalue weighted by Crippen LogP contribution is 2.35. The number of hydrogen-bond donors (Lipinski definition) is 2. The Labute approximate surface area is 106 Å². The summed E-state index contributed by atoms with van der Waals surface area (Å²) in [6.07, 6.45) is 3.94. The molecule has 0 aromatic heterocycles. The zero-order chi connectivity index (χ0) is 13.9. The molecule has 5 heteroatoms. The Morgan fingerprint density at radius 3 is 2.44 bits per heavy atom. The highest BCUT2D eigenvalue weighted by Gasteiger charge is 2.36. The molecule has 5 nitrogen and oxygen atoms in total. The number of nitrogens with zero attached hydrogens (tertiary/aromatic N) is 1. The van der Waals surface area contributed by atoms with Gasteiger partial charge >= 0.3 is 11.9 Å². The predicted molar refractivity (Wildman–Crippen MR) is 67.3 cm³/mol. The number of carboxylic acids is 2. The van der Waals surface area contributed by atoms with Gasteiger partial charge in [-0.15, -0.1) is 0 Å². The first kappa shape index (κ1) is 14.4. The SMILES string of the molecule is CN(C)CCC1=CC(C)(C(=O)O)CC(C(=O)O)=C1. The van der Waals surface area contributed by atoms with E-state index in [2.05, 4.69) is 0 Å². The van der Waals surface area contributed by atoms with Gasteiger partial charge in [-0.05, 0) is 45.5 Å².